The average Bonchev–Trinajstić information content (AvgIpc) is 3.13. The number of benzene rings is 1. The van der Waals surface area contributed by atoms with Gasteiger partial charge in [0.05, 0.1) is 28.4 Å². The fourth-order valence-corrected chi connectivity index (χ4v) is 3.49. The van der Waals surface area contributed by atoms with Gasteiger partial charge in [0, 0.05) is 7.11 Å². The molecule has 132 valence electrons. The number of fused-ring (bicyclic) bond motifs is 1. The highest BCUT2D eigenvalue weighted by Crippen LogP contribution is 2.20. The molecule has 0 unspecified atom stereocenters. The quantitative estimate of drug-likeness (QED) is 0.779. The van der Waals surface area contributed by atoms with Gasteiger partial charge in [-0.2, -0.15) is 0 Å². The molecule has 2 N–H and O–H groups in total. The van der Waals surface area contributed by atoms with Crippen molar-refractivity contribution in [1.29, 1.82) is 0 Å². The lowest BCUT2D eigenvalue weighted by Crippen LogP contribution is -2.29. The summed E-state index contributed by atoms with van der Waals surface area (Å²) in [5.74, 6) is 0.810. The van der Waals surface area contributed by atoms with Crippen LogP contribution < -0.4 is 10.6 Å². The first kappa shape index (κ1) is 17.6. The van der Waals surface area contributed by atoms with Crippen molar-refractivity contribution in [3.8, 4) is 0 Å². The van der Waals surface area contributed by atoms with Crippen LogP contribution in [0.2, 0.25) is 0 Å². The number of rotatable bonds is 6. The first-order chi connectivity index (χ1) is 12.0. The number of hydrogen-bond acceptors (Lipinski definition) is 5. The second-order valence-electron chi connectivity index (χ2n) is 6.43. The molecule has 0 spiro atoms. The third-order valence-corrected chi connectivity index (χ3v) is 4.60. The number of nitrogens with one attached hydrogen (secondary N) is 2. The molecule has 6 nitrogen and oxygen atoms in total. The number of amides is 1. The molecule has 2 heterocycles. The molecule has 0 bridgehead atoms. The van der Waals surface area contributed by atoms with Gasteiger partial charge in [0.15, 0.2) is 0 Å². The predicted octanol–water partition coefficient (Wildman–Crippen LogP) is 2.77. The zero-order valence-corrected chi connectivity index (χ0v) is 15.4. The number of nitrogens with zero attached hydrogens (tertiary/aromatic N) is 2. The monoisotopic (exact) mass is 358 g/mol. The molecule has 1 aliphatic rings. The zero-order chi connectivity index (χ0) is 17.8. The molecule has 1 atom stereocenters. The number of carbonyl (C=O) groups excluding carboxylic acids is 1. The standard InChI is InChI=1S/C18H22N4O2S/c1-11(2)6-13(9-24-3)20-18-21-15(17(23)22-18)7-12-4-5-14-16(8-12)25-10-19-14/h4-5,7-8,10-11,13H,6,9H2,1-3H3,(H2,20,21,22,23)/b15-7+/t13-/m1/s1. The Kier molecular flexibility index (Phi) is 5.45. The fraction of sp³-hybridized carbons (Fsp3) is 0.389. The molecule has 3 rings (SSSR count). The molecular weight excluding hydrogens is 336 g/mol. The Hall–Kier alpha value is -2.25. The van der Waals surface area contributed by atoms with Crippen LogP contribution in [0.25, 0.3) is 16.3 Å². The third kappa shape index (κ3) is 4.43. The van der Waals surface area contributed by atoms with E-state index in [0.717, 1.165) is 22.2 Å². The summed E-state index contributed by atoms with van der Waals surface area (Å²) in [7, 11) is 1.66. The van der Waals surface area contributed by atoms with Gasteiger partial charge < -0.3 is 10.1 Å². The molecule has 1 fully saturated rings. The van der Waals surface area contributed by atoms with E-state index in [1.54, 1.807) is 18.4 Å². The van der Waals surface area contributed by atoms with Gasteiger partial charge >= 0.3 is 0 Å². The van der Waals surface area contributed by atoms with Crippen LogP contribution in [0.4, 0.5) is 0 Å². The Morgan fingerprint density at radius 3 is 2.96 bits per heavy atom. The van der Waals surface area contributed by atoms with Crippen molar-refractivity contribution < 1.29 is 9.53 Å². The molecule has 0 saturated carbocycles. The largest absolute Gasteiger partial charge is 0.382 e. The Balaban J connectivity index is 1.77. The molecule has 0 radical (unpaired) electrons. The number of thiazole rings is 1. The summed E-state index contributed by atoms with van der Waals surface area (Å²) in [5.41, 5.74) is 4.22. The van der Waals surface area contributed by atoms with Gasteiger partial charge in [-0.05, 0) is 36.1 Å². The maximum absolute atomic E-state index is 12.2. The Labute approximate surface area is 151 Å². The van der Waals surface area contributed by atoms with Crippen LogP contribution in [0.1, 0.15) is 25.8 Å². The molecule has 0 aliphatic carbocycles. The summed E-state index contributed by atoms with van der Waals surface area (Å²) < 4.78 is 6.33. The molecular formula is C18H22N4O2S. The van der Waals surface area contributed by atoms with Crippen LogP contribution in [-0.2, 0) is 9.53 Å². The predicted molar refractivity (Wildman–Crippen MR) is 101 cm³/mol. The van der Waals surface area contributed by atoms with Crippen molar-refractivity contribution in [1.82, 2.24) is 15.6 Å². The number of methoxy groups -OCH3 is 1. The summed E-state index contributed by atoms with van der Waals surface area (Å²) in [6.07, 6.45) is 2.72. The van der Waals surface area contributed by atoms with E-state index in [-0.39, 0.29) is 11.9 Å². The first-order valence-electron chi connectivity index (χ1n) is 8.25. The molecule has 7 heteroatoms. The third-order valence-electron chi connectivity index (χ3n) is 3.81. The van der Waals surface area contributed by atoms with E-state index in [9.17, 15) is 4.79 Å². The number of ether oxygens (including phenoxy) is 1. The number of guanidine groups is 1. The van der Waals surface area contributed by atoms with E-state index in [1.165, 1.54) is 0 Å². The van der Waals surface area contributed by atoms with Crippen molar-refractivity contribution in [2.45, 2.75) is 26.3 Å². The molecule has 25 heavy (non-hydrogen) atoms. The fourth-order valence-electron chi connectivity index (χ4n) is 2.76. The summed E-state index contributed by atoms with van der Waals surface area (Å²) in [6, 6.07) is 5.94. The average molecular weight is 358 g/mol. The van der Waals surface area contributed by atoms with E-state index < -0.39 is 0 Å². The number of carbonyl (C=O) groups is 1. The van der Waals surface area contributed by atoms with Crippen LogP contribution >= 0.6 is 11.3 Å². The van der Waals surface area contributed by atoms with Crippen LogP contribution in [0, 0.1) is 5.92 Å². The van der Waals surface area contributed by atoms with E-state index in [0.29, 0.717) is 24.2 Å². The van der Waals surface area contributed by atoms with Crippen molar-refractivity contribution >= 4 is 39.5 Å². The number of aromatic nitrogens is 1. The van der Waals surface area contributed by atoms with Gasteiger partial charge in [0.1, 0.15) is 5.70 Å². The Morgan fingerprint density at radius 2 is 2.20 bits per heavy atom. The van der Waals surface area contributed by atoms with Crippen molar-refractivity contribution in [2.75, 3.05) is 13.7 Å². The van der Waals surface area contributed by atoms with Crippen molar-refractivity contribution in [3.05, 3.63) is 35.0 Å². The highest BCUT2D eigenvalue weighted by molar-refractivity contribution is 7.16. The maximum Gasteiger partial charge on any atom is 0.274 e. The summed E-state index contributed by atoms with van der Waals surface area (Å²) >= 11 is 1.58. The first-order valence-corrected chi connectivity index (χ1v) is 9.13. The minimum Gasteiger partial charge on any atom is -0.382 e. The van der Waals surface area contributed by atoms with Gasteiger partial charge in [0.2, 0.25) is 5.96 Å². The molecule has 1 aliphatic heterocycles. The van der Waals surface area contributed by atoms with Crippen LogP contribution in [0.3, 0.4) is 0 Å². The van der Waals surface area contributed by atoms with Crippen LogP contribution in [0.15, 0.2) is 34.4 Å². The normalized spacial score (nSPS) is 19.0. The maximum atomic E-state index is 12.2. The van der Waals surface area contributed by atoms with Crippen molar-refractivity contribution in [2.24, 2.45) is 10.9 Å². The summed E-state index contributed by atoms with van der Waals surface area (Å²) in [4.78, 5) is 21.1. The number of aliphatic imine (C=N–C) groups is 1. The van der Waals surface area contributed by atoms with E-state index in [4.69, 9.17) is 4.74 Å². The van der Waals surface area contributed by atoms with Gasteiger partial charge in [-0.1, -0.05) is 19.9 Å². The minimum atomic E-state index is -0.177. The van der Waals surface area contributed by atoms with Gasteiger partial charge in [-0.3, -0.25) is 10.1 Å². The lowest BCUT2D eigenvalue weighted by atomic mass is 10.1. The summed E-state index contributed by atoms with van der Waals surface area (Å²) in [5, 5.41) is 5.86. The molecule has 1 aromatic carbocycles. The lowest BCUT2D eigenvalue weighted by molar-refractivity contribution is -0.115. The van der Waals surface area contributed by atoms with E-state index in [2.05, 4.69) is 34.5 Å². The highest BCUT2D eigenvalue weighted by Gasteiger charge is 2.23. The SMILES string of the molecule is COC[C@@H](CC(C)C)N=C1NC(=O)/C(=C\c2ccc3ncsc3c2)N1. The van der Waals surface area contributed by atoms with Crippen LogP contribution in [-0.4, -0.2) is 36.6 Å². The van der Waals surface area contributed by atoms with E-state index >= 15 is 0 Å². The highest BCUT2D eigenvalue weighted by atomic mass is 32.1. The molecule has 1 aromatic heterocycles. The van der Waals surface area contributed by atoms with E-state index in [1.807, 2.05) is 29.8 Å². The minimum absolute atomic E-state index is 0.0145. The second-order valence-corrected chi connectivity index (χ2v) is 7.32. The van der Waals surface area contributed by atoms with Gasteiger partial charge in [-0.25, -0.2) is 9.98 Å². The molecule has 1 amide bonds. The van der Waals surface area contributed by atoms with Gasteiger partial charge in [-0.15, -0.1) is 11.3 Å². The van der Waals surface area contributed by atoms with Gasteiger partial charge in [0.25, 0.3) is 5.91 Å². The van der Waals surface area contributed by atoms with Crippen LogP contribution in [0.5, 0.6) is 0 Å². The topological polar surface area (TPSA) is 75.6 Å². The second kappa shape index (κ2) is 7.76. The zero-order valence-electron chi connectivity index (χ0n) is 14.6. The van der Waals surface area contributed by atoms with Crippen molar-refractivity contribution in [3.63, 3.8) is 0 Å². The summed E-state index contributed by atoms with van der Waals surface area (Å²) in [6.45, 7) is 4.81. The smallest absolute Gasteiger partial charge is 0.274 e. The lowest BCUT2D eigenvalue weighted by Gasteiger charge is -2.14. The Bertz CT molecular complexity index is 825. The Morgan fingerprint density at radius 1 is 1.36 bits per heavy atom. The molecule has 1 saturated heterocycles. The number of hydrogen-bond donors (Lipinski definition) is 2. The molecule has 2 aromatic rings.